The van der Waals surface area contributed by atoms with Gasteiger partial charge in [0.25, 0.3) is 0 Å². The largest absolute Gasteiger partial charge is 0.0888 e. The van der Waals surface area contributed by atoms with Crippen LogP contribution in [0, 0.1) is 0 Å². The van der Waals surface area contributed by atoms with Crippen molar-refractivity contribution < 1.29 is 0 Å². The van der Waals surface area contributed by atoms with Gasteiger partial charge in [-0.05, 0) is 63.4 Å². The van der Waals surface area contributed by atoms with E-state index in [4.69, 9.17) is 0 Å². The van der Waals surface area contributed by atoms with Gasteiger partial charge in [-0.3, -0.25) is 0 Å². The fraction of sp³-hybridized carbons (Fsp3) is 0.0435. The van der Waals surface area contributed by atoms with E-state index in [0.717, 1.165) is 6.42 Å². The van der Waals surface area contributed by atoms with E-state index < -0.39 is 0 Å². The second kappa shape index (κ2) is 4.52. The molecule has 6 rings (SSSR count). The highest BCUT2D eigenvalue weighted by molar-refractivity contribution is 7.99. The fourth-order valence-corrected chi connectivity index (χ4v) is 5.42. The summed E-state index contributed by atoms with van der Waals surface area (Å²) < 4.78 is 0. The van der Waals surface area contributed by atoms with Gasteiger partial charge in [-0.15, -0.1) is 0 Å². The van der Waals surface area contributed by atoms with Crippen molar-refractivity contribution in [3.63, 3.8) is 0 Å². The van der Waals surface area contributed by atoms with Crippen LogP contribution in [-0.4, -0.2) is 0 Å². The van der Waals surface area contributed by atoms with Crippen molar-refractivity contribution >= 4 is 22.5 Å². The third-order valence-electron chi connectivity index (χ3n) is 5.27. The molecular formula is C23H14S. The topological polar surface area (TPSA) is 0 Å². The number of hydrogen-bond donors (Lipinski definition) is 0. The first-order chi connectivity index (χ1) is 11.9. The fourth-order valence-electron chi connectivity index (χ4n) is 4.28. The van der Waals surface area contributed by atoms with E-state index in [9.17, 15) is 0 Å². The maximum absolute atomic E-state index is 2.44. The summed E-state index contributed by atoms with van der Waals surface area (Å²) >= 11 is 1.90. The summed E-state index contributed by atoms with van der Waals surface area (Å²) in [5.41, 5.74) is 8.58. The van der Waals surface area contributed by atoms with Crippen molar-refractivity contribution in [2.45, 2.75) is 16.2 Å². The molecule has 1 aliphatic carbocycles. The van der Waals surface area contributed by atoms with Gasteiger partial charge in [0.05, 0.1) is 0 Å². The Labute approximate surface area is 145 Å². The Hall–Kier alpha value is -2.51. The van der Waals surface area contributed by atoms with Gasteiger partial charge in [0.2, 0.25) is 0 Å². The van der Waals surface area contributed by atoms with Crippen molar-refractivity contribution in [2.24, 2.45) is 0 Å². The summed E-state index contributed by atoms with van der Waals surface area (Å²) in [6.45, 7) is 0. The molecule has 1 heterocycles. The molecule has 0 aromatic heterocycles. The third-order valence-corrected chi connectivity index (χ3v) is 6.41. The van der Waals surface area contributed by atoms with Crippen molar-refractivity contribution in [1.29, 1.82) is 0 Å². The summed E-state index contributed by atoms with van der Waals surface area (Å²) in [5, 5.41) is 2.84. The quantitative estimate of drug-likeness (QED) is 0.306. The van der Waals surface area contributed by atoms with E-state index in [1.165, 1.54) is 53.9 Å². The summed E-state index contributed by atoms with van der Waals surface area (Å²) in [4.78, 5) is 2.75. The zero-order valence-electron chi connectivity index (χ0n) is 13.0. The molecule has 0 saturated heterocycles. The minimum absolute atomic E-state index is 1.05. The third kappa shape index (κ3) is 1.55. The lowest BCUT2D eigenvalue weighted by molar-refractivity contribution is 1.26. The van der Waals surface area contributed by atoms with E-state index in [-0.39, 0.29) is 0 Å². The standard InChI is InChI=1S/C23H14S/c1-2-7-16-14(6-1)12-15-13-19-17-8-3-4-10-20(17)24-21-11-5-9-18(22(15)16)23(19)21/h1-11,13H,12H2. The Morgan fingerprint density at radius 2 is 1.42 bits per heavy atom. The molecule has 0 bridgehead atoms. The lowest BCUT2D eigenvalue weighted by Crippen LogP contribution is -1.95. The van der Waals surface area contributed by atoms with Gasteiger partial charge in [0.15, 0.2) is 0 Å². The first-order valence-electron chi connectivity index (χ1n) is 8.34. The monoisotopic (exact) mass is 322 g/mol. The van der Waals surface area contributed by atoms with Crippen LogP contribution in [0.25, 0.3) is 33.0 Å². The Morgan fingerprint density at radius 1 is 0.625 bits per heavy atom. The second-order valence-electron chi connectivity index (χ2n) is 6.57. The SMILES string of the molecule is c1ccc2c(c1)Cc1cc3c4c(cccc4c1-2)Sc1ccccc1-3. The maximum atomic E-state index is 2.44. The summed E-state index contributed by atoms with van der Waals surface area (Å²) in [6.07, 6.45) is 1.05. The van der Waals surface area contributed by atoms with Gasteiger partial charge in [0.1, 0.15) is 0 Å². The van der Waals surface area contributed by atoms with Crippen LogP contribution in [0.4, 0.5) is 0 Å². The Kier molecular flexibility index (Phi) is 2.42. The molecule has 1 aliphatic heterocycles. The van der Waals surface area contributed by atoms with Crippen LogP contribution in [0.1, 0.15) is 11.1 Å². The molecule has 0 spiro atoms. The molecule has 0 unspecified atom stereocenters. The molecule has 0 nitrogen and oxygen atoms in total. The van der Waals surface area contributed by atoms with Crippen LogP contribution in [-0.2, 0) is 6.42 Å². The van der Waals surface area contributed by atoms with E-state index in [0.29, 0.717) is 0 Å². The van der Waals surface area contributed by atoms with Crippen molar-refractivity contribution in [1.82, 2.24) is 0 Å². The second-order valence-corrected chi connectivity index (χ2v) is 7.65. The van der Waals surface area contributed by atoms with Crippen LogP contribution in [0.15, 0.2) is 82.6 Å². The van der Waals surface area contributed by atoms with E-state index in [2.05, 4.69) is 72.8 Å². The highest BCUT2D eigenvalue weighted by Gasteiger charge is 2.26. The highest BCUT2D eigenvalue weighted by Crippen LogP contribution is 2.52. The zero-order valence-corrected chi connectivity index (χ0v) is 13.9. The molecule has 2 aliphatic rings. The smallest absolute Gasteiger partial charge is 0.0207 e. The molecular weight excluding hydrogens is 308 g/mol. The van der Waals surface area contributed by atoms with Crippen LogP contribution >= 0.6 is 11.8 Å². The average Bonchev–Trinajstić information content (AvgIpc) is 3.00. The summed E-state index contributed by atoms with van der Waals surface area (Å²) in [5.74, 6) is 0. The molecule has 0 fully saturated rings. The van der Waals surface area contributed by atoms with Gasteiger partial charge in [-0.2, -0.15) is 0 Å². The molecule has 0 atom stereocenters. The zero-order chi connectivity index (χ0) is 15.7. The lowest BCUT2D eigenvalue weighted by atomic mass is 9.90. The maximum Gasteiger partial charge on any atom is 0.0207 e. The molecule has 112 valence electrons. The molecule has 4 aromatic rings. The summed E-state index contributed by atoms with van der Waals surface area (Å²) in [6, 6.07) is 26.9. The number of fused-ring (bicyclic) bond motifs is 6. The van der Waals surface area contributed by atoms with E-state index in [1.54, 1.807) is 0 Å². The van der Waals surface area contributed by atoms with Gasteiger partial charge in [-0.25, -0.2) is 0 Å². The Bertz CT molecular complexity index is 1150. The van der Waals surface area contributed by atoms with Crippen molar-refractivity contribution in [3.8, 4) is 22.3 Å². The normalized spacial score (nSPS) is 13.5. The average molecular weight is 322 g/mol. The number of hydrogen-bond acceptors (Lipinski definition) is 1. The highest BCUT2D eigenvalue weighted by atomic mass is 32.2. The molecule has 1 heteroatoms. The van der Waals surface area contributed by atoms with Crippen LogP contribution < -0.4 is 0 Å². The molecule has 0 saturated carbocycles. The van der Waals surface area contributed by atoms with Gasteiger partial charge in [-0.1, -0.05) is 66.4 Å². The van der Waals surface area contributed by atoms with E-state index in [1.807, 2.05) is 11.8 Å². The predicted octanol–water partition coefficient (Wildman–Crippen LogP) is 6.54. The van der Waals surface area contributed by atoms with Crippen LogP contribution in [0.2, 0.25) is 0 Å². The Morgan fingerprint density at radius 3 is 2.38 bits per heavy atom. The van der Waals surface area contributed by atoms with Gasteiger partial charge >= 0.3 is 0 Å². The molecule has 0 amide bonds. The van der Waals surface area contributed by atoms with Gasteiger partial charge < -0.3 is 0 Å². The molecule has 0 radical (unpaired) electrons. The lowest BCUT2D eigenvalue weighted by Gasteiger charge is -2.22. The molecule has 24 heavy (non-hydrogen) atoms. The van der Waals surface area contributed by atoms with Crippen LogP contribution in [0.5, 0.6) is 0 Å². The number of rotatable bonds is 0. The van der Waals surface area contributed by atoms with Crippen LogP contribution in [0.3, 0.4) is 0 Å². The molecule has 4 aromatic carbocycles. The van der Waals surface area contributed by atoms with Crippen molar-refractivity contribution in [3.05, 3.63) is 83.9 Å². The minimum atomic E-state index is 1.05. The predicted molar refractivity (Wildman–Crippen MR) is 102 cm³/mol. The van der Waals surface area contributed by atoms with Gasteiger partial charge in [0, 0.05) is 15.2 Å². The first-order valence-corrected chi connectivity index (χ1v) is 9.16. The van der Waals surface area contributed by atoms with E-state index >= 15 is 0 Å². The molecule has 0 N–H and O–H groups in total. The Balaban J connectivity index is 1.80. The number of benzene rings is 4. The summed E-state index contributed by atoms with van der Waals surface area (Å²) in [7, 11) is 0. The first kappa shape index (κ1) is 12.9. The van der Waals surface area contributed by atoms with Crippen molar-refractivity contribution in [2.75, 3.05) is 0 Å². The minimum Gasteiger partial charge on any atom is -0.0888 e.